The summed E-state index contributed by atoms with van der Waals surface area (Å²) in [4.78, 5) is 36.3. The molecule has 7 nitrogen and oxygen atoms in total. The minimum atomic E-state index is -0.982. The van der Waals surface area contributed by atoms with Gasteiger partial charge in [0.1, 0.15) is 17.8 Å². The van der Waals surface area contributed by atoms with Gasteiger partial charge in [-0.25, -0.2) is 0 Å². The highest BCUT2D eigenvalue weighted by atomic mass is 32.2. The smallest absolute Gasteiger partial charge is 0.308 e. The van der Waals surface area contributed by atoms with Crippen LogP contribution in [0.2, 0.25) is 0 Å². The lowest BCUT2D eigenvalue weighted by molar-refractivity contribution is -0.151. The number of carboxylic acid groups (broad SMARTS) is 1. The van der Waals surface area contributed by atoms with Crippen molar-refractivity contribution in [2.45, 2.75) is 35.9 Å². The van der Waals surface area contributed by atoms with Crippen LogP contribution in [0.5, 0.6) is 5.75 Å². The highest BCUT2D eigenvalue weighted by molar-refractivity contribution is 8.01. The summed E-state index contributed by atoms with van der Waals surface area (Å²) in [6, 6.07) is 4.26. The number of phenols is 1. The van der Waals surface area contributed by atoms with E-state index in [2.05, 4.69) is 5.32 Å². The van der Waals surface area contributed by atoms with Crippen molar-refractivity contribution in [1.29, 1.82) is 0 Å². The van der Waals surface area contributed by atoms with E-state index in [1.165, 1.54) is 23.9 Å². The molecule has 0 radical (unpaired) electrons. The van der Waals surface area contributed by atoms with E-state index in [9.17, 15) is 24.6 Å². The zero-order chi connectivity index (χ0) is 18.5. The van der Waals surface area contributed by atoms with Crippen molar-refractivity contribution in [2.24, 2.45) is 17.6 Å². The van der Waals surface area contributed by atoms with Crippen LogP contribution in [0.4, 0.5) is 0 Å². The van der Waals surface area contributed by atoms with Gasteiger partial charge in [0.2, 0.25) is 5.91 Å². The third-order valence-electron chi connectivity index (χ3n) is 4.96. The van der Waals surface area contributed by atoms with Crippen molar-refractivity contribution in [2.75, 3.05) is 0 Å². The van der Waals surface area contributed by atoms with Gasteiger partial charge >= 0.3 is 5.97 Å². The number of thioether (sulfide) groups is 1. The van der Waals surface area contributed by atoms with Gasteiger partial charge < -0.3 is 21.3 Å². The molecule has 5 N–H and O–H groups in total. The SMILES string of the molecule is CC1(C)S[C@H]2C(C(=O)[C@H]2NC(=O)[C@H](N)c2ccc(O)cc2)[C@H]1C(=O)O. The fourth-order valence-corrected chi connectivity index (χ4v) is 5.52. The molecule has 3 rings (SSSR count). The Morgan fingerprint density at radius 1 is 1.28 bits per heavy atom. The number of hydrogen-bond acceptors (Lipinski definition) is 6. The Kier molecular flexibility index (Phi) is 4.28. The summed E-state index contributed by atoms with van der Waals surface area (Å²) in [5, 5.41) is 21.1. The van der Waals surface area contributed by atoms with Crippen LogP contribution in [-0.2, 0) is 14.4 Å². The Bertz CT molecular complexity index is 733. The molecule has 1 heterocycles. The van der Waals surface area contributed by atoms with Gasteiger partial charge in [0, 0.05) is 15.9 Å². The Balaban J connectivity index is 1.70. The molecule has 134 valence electrons. The van der Waals surface area contributed by atoms with Crippen LogP contribution in [0.3, 0.4) is 0 Å². The van der Waals surface area contributed by atoms with E-state index in [0.29, 0.717) is 5.56 Å². The largest absolute Gasteiger partial charge is 0.508 e. The summed E-state index contributed by atoms with van der Waals surface area (Å²) in [6.07, 6.45) is 0. The van der Waals surface area contributed by atoms with Gasteiger partial charge in [-0.1, -0.05) is 12.1 Å². The van der Waals surface area contributed by atoms with Gasteiger partial charge in [-0.2, -0.15) is 0 Å². The number of phenolic OH excluding ortho intramolecular Hbond substituents is 1. The number of carboxylic acids is 1. The van der Waals surface area contributed by atoms with Gasteiger partial charge in [-0.3, -0.25) is 14.4 Å². The number of nitrogens with two attached hydrogens (primary N) is 1. The third-order valence-corrected chi connectivity index (χ3v) is 6.66. The van der Waals surface area contributed by atoms with Crippen molar-refractivity contribution in [1.82, 2.24) is 5.32 Å². The Morgan fingerprint density at radius 2 is 1.88 bits per heavy atom. The molecule has 2 fully saturated rings. The minimum Gasteiger partial charge on any atom is -0.508 e. The maximum atomic E-state index is 12.4. The summed E-state index contributed by atoms with van der Waals surface area (Å²) in [6.45, 7) is 3.62. The summed E-state index contributed by atoms with van der Waals surface area (Å²) >= 11 is 1.43. The summed E-state index contributed by atoms with van der Waals surface area (Å²) in [5.74, 6) is -3.00. The maximum absolute atomic E-state index is 12.4. The number of fused-ring (bicyclic) bond motifs is 1. The van der Waals surface area contributed by atoms with Crippen LogP contribution >= 0.6 is 11.8 Å². The second kappa shape index (κ2) is 6.03. The Labute approximate surface area is 149 Å². The molecule has 1 aliphatic carbocycles. The third kappa shape index (κ3) is 2.89. The van der Waals surface area contributed by atoms with Gasteiger partial charge in [0.15, 0.2) is 5.78 Å². The molecule has 0 bridgehead atoms. The van der Waals surface area contributed by atoms with Crippen LogP contribution in [0, 0.1) is 11.8 Å². The Hall–Kier alpha value is -2.06. The second-order valence-corrected chi connectivity index (χ2v) is 8.82. The zero-order valence-electron chi connectivity index (χ0n) is 13.8. The predicted molar refractivity (Wildman–Crippen MR) is 92.0 cm³/mol. The van der Waals surface area contributed by atoms with Crippen LogP contribution in [0.15, 0.2) is 24.3 Å². The molecule has 8 heteroatoms. The highest BCUT2D eigenvalue weighted by Crippen LogP contribution is 2.57. The number of ketones is 1. The summed E-state index contributed by atoms with van der Waals surface area (Å²) in [7, 11) is 0. The van der Waals surface area contributed by atoms with E-state index in [0.717, 1.165) is 0 Å². The molecule has 2 aliphatic rings. The van der Waals surface area contributed by atoms with E-state index < -0.39 is 40.5 Å². The van der Waals surface area contributed by atoms with Crippen molar-refractivity contribution in [3.05, 3.63) is 29.8 Å². The quantitative estimate of drug-likeness (QED) is 0.618. The topological polar surface area (TPSA) is 130 Å². The van der Waals surface area contributed by atoms with Crippen molar-refractivity contribution < 1.29 is 24.6 Å². The number of rotatable bonds is 4. The predicted octanol–water partition coefficient (Wildman–Crippen LogP) is 0.670. The van der Waals surface area contributed by atoms with E-state index in [1.807, 2.05) is 13.8 Å². The van der Waals surface area contributed by atoms with Crippen LogP contribution in [-0.4, -0.2) is 43.9 Å². The molecule has 1 saturated heterocycles. The standard InChI is InChI=1S/C17H20N2O5S/c1-17(2)10(16(23)24)9-13(21)12(14(9)25-17)19-15(22)11(18)7-3-5-8(20)6-4-7/h3-6,9-12,14,20H,18H2,1-2H3,(H,19,22)(H,23,24)/t9?,10-,11+,12+,14-/m0/s1. The lowest BCUT2D eigenvalue weighted by Gasteiger charge is -2.39. The number of hydrogen-bond donors (Lipinski definition) is 4. The van der Waals surface area contributed by atoms with Gasteiger partial charge in [0.25, 0.3) is 0 Å². The average molecular weight is 364 g/mol. The number of carbonyl (C=O) groups excluding carboxylic acids is 2. The normalized spacial score (nSPS) is 30.9. The fourth-order valence-electron chi connectivity index (χ4n) is 3.65. The van der Waals surface area contributed by atoms with Crippen LogP contribution in [0.25, 0.3) is 0 Å². The highest BCUT2D eigenvalue weighted by Gasteiger charge is 2.66. The lowest BCUT2D eigenvalue weighted by Crippen LogP contribution is -2.64. The van der Waals surface area contributed by atoms with Gasteiger partial charge in [-0.15, -0.1) is 11.8 Å². The Morgan fingerprint density at radius 3 is 2.44 bits per heavy atom. The number of carbonyl (C=O) groups is 3. The molecule has 1 aliphatic heterocycles. The second-order valence-electron chi connectivity index (χ2n) is 6.99. The summed E-state index contributed by atoms with van der Waals surface area (Å²) < 4.78 is -0.574. The number of amides is 1. The van der Waals surface area contributed by atoms with E-state index >= 15 is 0 Å². The maximum Gasteiger partial charge on any atom is 0.308 e. The van der Waals surface area contributed by atoms with Crippen LogP contribution in [0.1, 0.15) is 25.5 Å². The molecular formula is C17H20N2O5S. The van der Waals surface area contributed by atoms with Crippen molar-refractivity contribution >= 4 is 29.4 Å². The molecule has 1 aromatic carbocycles. The first-order chi connectivity index (χ1) is 11.6. The van der Waals surface area contributed by atoms with E-state index in [1.54, 1.807) is 12.1 Å². The number of Topliss-reactive ketones (excluding diaryl/α,β-unsaturated/α-hetero) is 1. The average Bonchev–Trinajstić information content (AvgIpc) is 2.80. The molecule has 1 amide bonds. The monoisotopic (exact) mass is 364 g/mol. The molecule has 5 atom stereocenters. The number of aliphatic carboxylic acids is 1. The molecule has 1 unspecified atom stereocenters. The van der Waals surface area contributed by atoms with Crippen molar-refractivity contribution in [3.8, 4) is 5.75 Å². The first-order valence-electron chi connectivity index (χ1n) is 7.92. The van der Waals surface area contributed by atoms with E-state index in [4.69, 9.17) is 5.73 Å². The van der Waals surface area contributed by atoms with Gasteiger partial charge in [-0.05, 0) is 31.5 Å². The lowest BCUT2D eigenvalue weighted by atomic mass is 9.67. The first kappa shape index (κ1) is 17.8. The zero-order valence-corrected chi connectivity index (χ0v) is 14.6. The summed E-state index contributed by atoms with van der Waals surface area (Å²) in [5.41, 5.74) is 6.44. The molecule has 1 aromatic rings. The van der Waals surface area contributed by atoms with Crippen LogP contribution < -0.4 is 11.1 Å². The molecule has 1 saturated carbocycles. The molecular weight excluding hydrogens is 344 g/mol. The number of nitrogens with one attached hydrogen (secondary N) is 1. The van der Waals surface area contributed by atoms with Gasteiger partial charge in [0.05, 0.1) is 5.92 Å². The first-order valence-corrected chi connectivity index (χ1v) is 8.80. The molecule has 0 spiro atoms. The minimum absolute atomic E-state index is 0.0673. The van der Waals surface area contributed by atoms with E-state index in [-0.39, 0.29) is 16.8 Å². The van der Waals surface area contributed by atoms with Crippen molar-refractivity contribution in [3.63, 3.8) is 0 Å². The molecule has 25 heavy (non-hydrogen) atoms. The number of benzene rings is 1. The number of aromatic hydroxyl groups is 1. The molecule has 0 aromatic heterocycles. The fraction of sp³-hybridized carbons (Fsp3) is 0.471.